The van der Waals surface area contributed by atoms with E-state index in [4.69, 9.17) is 21.1 Å². The molecule has 9 heteroatoms. The quantitative estimate of drug-likeness (QED) is 0.713. The largest absolute Gasteiger partial charge is 0.478 e. The normalized spacial score (nSPS) is 11.8. The number of amides is 1. The molecule has 1 heterocycles. The van der Waals surface area contributed by atoms with Crippen molar-refractivity contribution in [2.45, 2.75) is 20.0 Å². The first-order valence-electron chi connectivity index (χ1n) is 7.37. The van der Waals surface area contributed by atoms with Crippen molar-refractivity contribution < 1.29 is 14.3 Å². The van der Waals surface area contributed by atoms with Crippen molar-refractivity contribution in [3.05, 3.63) is 55.3 Å². The number of ether oxygens (including phenoxy) is 2. The summed E-state index contributed by atoms with van der Waals surface area (Å²) in [7, 11) is 1.43. The Morgan fingerprint density at radius 1 is 1.28 bits per heavy atom. The number of halogens is 1. The van der Waals surface area contributed by atoms with Gasteiger partial charge in [0.2, 0.25) is 0 Å². The summed E-state index contributed by atoms with van der Waals surface area (Å²) in [5, 5.41) is 3.01. The highest BCUT2D eigenvalue weighted by Crippen LogP contribution is 2.23. The fourth-order valence-corrected chi connectivity index (χ4v) is 2.39. The van der Waals surface area contributed by atoms with Gasteiger partial charge in [-0.3, -0.25) is 14.6 Å². The van der Waals surface area contributed by atoms with Crippen molar-refractivity contribution in [1.29, 1.82) is 0 Å². The van der Waals surface area contributed by atoms with E-state index in [9.17, 15) is 14.4 Å². The Balaban J connectivity index is 2.23. The van der Waals surface area contributed by atoms with Crippen LogP contribution >= 0.6 is 11.6 Å². The minimum absolute atomic E-state index is 0.0335. The summed E-state index contributed by atoms with van der Waals surface area (Å²) < 4.78 is 10.7. The van der Waals surface area contributed by atoms with Crippen LogP contribution in [0.3, 0.4) is 0 Å². The number of carbonyl (C=O) groups is 1. The molecule has 0 aliphatic rings. The Labute approximate surface area is 148 Å². The molecule has 0 fully saturated rings. The van der Waals surface area contributed by atoms with Crippen molar-refractivity contribution in [2.24, 2.45) is 0 Å². The summed E-state index contributed by atoms with van der Waals surface area (Å²) in [5.74, 6) is -0.120. The van der Waals surface area contributed by atoms with Gasteiger partial charge in [0, 0.05) is 17.8 Å². The Morgan fingerprint density at radius 2 is 2.00 bits per heavy atom. The summed E-state index contributed by atoms with van der Waals surface area (Å²) >= 11 is 5.91. The topological polar surface area (TPSA) is 113 Å². The third-order valence-electron chi connectivity index (χ3n) is 3.40. The number of rotatable bonds is 6. The molecule has 0 spiro atoms. The molecule has 2 aromatic rings. The van der Waals surface area contributed by atoms with Crippen LogP contribution in [0, 0.1) is 13.8 Å². The van der Waals surface area contributed by atoms with Gasteiger partial charge in [-0.2, -0.15) is 0 Å². The molecule has 1 aromatic carbocycles. The molecular formula is C16H18ClN3O5. The fourth-order valence-electron chi connectivity index (χ4n) is 2.17. The van der Waals surface area contributed by atoms with Crippen LogP contribution in [0.25, 0.3) is 0 Å². The van der Waals surface area contributed by atoms with Crippen LogP contribution in [0.4, 0.5) is 5.69 Å². The zero-order valence-electron chi connectivity index (χ0n) is 13.9. The summed E-state index contributed by atoms with van der Waals surface area (Å²) in [6.07, 6.45) is -1.00. The van der Waals surface area contributed by atoms with Crippen LogP contribution in [-0.4, -0.2) is 35.7 Å². The molecule has 0 aliphatic heterocycles. The van der Waals surface area contributed by atoms with Gasteiger partial charge in [-0.1, -0.05) is 11.6 Å². The molecule has 1 aromatic heterocycles. The maximum absolute atomic E-state index is 12.5. The molecule has 2 rings (SSSR count). The highest BCUT2D eigenvalue weighted by Gasteiger charge is 2.23. The molecule has 0 bridgehead atoms. The van der Waals surface area contributed by atoms with E-state index in [1.54, 1.807) is 25.1 Å². The number of carbonyl (C=O) groups excluding carboxylic acids is 1. The Bertz CT molecular complexity index is 890. The molecule has 0 saturated heterocycles. The maximum atomic E-state index is 12.5. The lowest BCUT2D eigenvalue weighted by Crippen LogP contribution is -2.39. The zero-order chi connectivity index (χ0) is 18.6. The molecule has 1 atom stereocenters. The lowest BCUT2D eigenvalue weighted by Gasteiger charge is -2.19. The highest BCUT2D eigenvalue weighted by atomic mass is 35.5. The number of aromatic nitrogens is 2. The van der Waals surface area contributed by atoms with E-state index in [1.165, 1.54) is 14.0 Å². The van der Waals surface area contributed by atoms with Gasteiger partial charge in [0.1, 0.15) is 11.4 Å². The number of hydrogen-bond donors (Lipinski definition) is 3. The van der Waals surface area contributed by atoms with E-state index in [-0.39, 0.29) is 18.0 Å². The molecule has 0 aliphatic carbocycles. The van der Waals surface area contributed by atoms with E-state index >= 15 is 0 Å². The Morgan fingerprint density at radius 3 is 2.60 bits per heavy atom. The number of H-pyrrole nitrogens is 2. The number of methoxy groups -OCH3 is 1. The van der Waals surface area contributed by atoms with Crippen molar-refractivity contribution in [2.75, 3.05) is 19.0 Å². The molecular weight excluding hydrogens is 350 g/mol. The lowest BCUT2D eigenvalue weighted by molar-refractivity contribution is -0.124. The van der Waals surface area contributed by atoms with Crippen molar-refractivity contribution in [1.82, 2.24) is 9.97 Å². The van der Waals surface area contributed by atoms with Gasteiger partial charge in [0.05, 0.1) is 6.61 Å². The molecule has 134 valence electrons. The van der Waals surface area contributed by atoms with Gasteiger partial charge in [0.15, 0.2) is 6.10 Å². The fraction of sp³-hybridized carbons (Fsp3) is 0.312. The van der Waals surface area contributed by atoms with Crippen molar-refractivity contribution in [3.63, 3.8) is 0 Å². The van der Waals surface area contributed by atoms with Crippen LogP contribution < -0.4 is 21.3 Å². The van der Waals surface area contributed by atoms with Gasteiger partial charge in [-0.05, 0) is 37.6 Å². The number of aromatic amines is 2. The monoisotopic (exact) mass is 367 g/mol. The molecule has 0 saturated carbocycles. The second-order valence-corrected chi connectivity index (χ2v) is 5.81. The van der Waals surface area contributed by atoms with Crippen LogP contribution in [-0.2, 0) is 9.53 Å². The zero-order valence-corrected chi connectivity index (χ0v) is 14.7. The third-order valence-corrected chi connectivity index (χ3v) is 3.63. The smallest absolute Gasteiger partial charge is 0.326 e. The molecule has 8 nitrogen and oxygen atoms in total. The number of anilines is 1. The maximum Gasteiger partial charge on any atom is 0.326 e. The SMILES string of the molecule is COCC(Oc1ccc(Cl)cc1C)C(=O)Nc1c(C)[nH]c(=O)[nH]c1=O. The van der Waals surface area contributed by atoms with E-state index in [0.29, 0.717) is 10.8 Å². The van der Waals surface area contributed by atoms with E-state index in [1.807, 2.05) is 0 Å². The number of benzene rings is 1. The van der Waals surface area contributed by atoms with Gasteiger partial charge >= 0.3 is 5.69 Å². The average molecular weight is 368 g/mol. The Hall–Kier alpha value is -2.58. The average Bonchev–Trinajstić information content (AvgIpc) is 2.52. The highest BCUT2D eigenvalue weighted by molar-refractivity contribution is 6.30. The standard InChI is InChI=1S/C16H18ClN3O5/c1-8-6-10(17)4-5-11(8)25-12(7-24-3)14(21)19-13-9(2)18-16(23)20-15(13)22/h4-6,12H,7H2,1-3H3,(H,19,21)(H2,18,20,22,23). The number of aryl methyl sites for hydroxylation is 2. The van der Waals surface area contributed by atoms with E-state index < -0.39 is 23.3 Å². The molecule has 25 heavy (non-hydrogen) atoms. The predicted octanol–water partition coefficient (Wildman–Crippen LogP) is 1.37. The third kappa shape index (κ3) is 4.71. The first-order chi connectivity index (χ1) is 11.8. The van der Waals surface area contributed by atoms with Gasteiger partial charge < -0.3 is 19.8 Å². The summed E-state index contributed by atoms with van der Waals surface area (Å²) in [6.45, 7) is 3.26. The van der Waals surface area contributed by atoms with E-state index in [2.05, 4.69) is 15.3 Å². The molecule has 1 unspecified atom stereocenters. The summed E-state index contributed by atoms with van der Waals surface area (Å²) in [4.78, 5) is 40.0. The molecule has 3 N–H and O–H groups in total. The van der Waals surface area contributed by atoms with Crippen molar-refractivity contribution >= 4 is 23.2 Å². The Kier molecular flexibility index (Phi) is 6.00. The van der Waals surface area contributed by atoms with Crippen LogP contribution in [0.1, 0.15) is 11.3 Å². The van der Waals surface area contributed by atoms with Gasteiger partial charge in [-0.15, -0.1) is 0 Å². The van der Waals surface area contributed by atoms with E-state index in [0.717, 1.165) is 5.56 Å². The lowest BCUT2D eigenvalue weighted by atomic mass is 10.2. The predicted molar refractivity (Wildman–Crippen MR) is 93.5 cm³/mol. The summed E-state index contributed by atoms with van der Waals surface area (Å²) in [5.41, 5.74) is -0.419. The van der Waals surface area contributed by atoms with Crippen molar-refractivity contribution in [3.8, 4) is 5.75 Å². The van der Waals surface area contributed by atoms with Crippen LogP contribution in [0.5, 0.6) is 5.75 Å². The minimum Gasteiger partial charge on any atom is -0.478 e. The second-order valence-electron chi connectivity index (χ2n) is 5.37. The first-order valence-corrected chi connectivity index (χ1v) is 7.75. The van der Waals surface area contributed by atoms with Gasteiger partial charge in [-0.25, -0.2) is 4.79 Å². The minimum atomic E-state index is -1.00. The molecule has 1 amide bonds. The molecule has 0 radical (unpaired) electrons. The van der Waals surface area contributed by atoms with Crippen LogP contribution in [0.15, 0.2) is 27.8 Å². The van der Waals surface area contributed by atoms with Gasteiger partial charge in [0.25, 0.3) is 11.5 Å². The van der Waals surface area contributed by atoms with Crippen LogP contribution in [0.2, 0.25) is 5.02 Å². The number of hydrogen-bond acceptors (Lipinski definition) is 5. The first kappa shape index (κ1) is 18.8. The second kappa shape index (κ2) is 8.00. The summed E-state index contributed by atoms with van der Waals surface area (Å²) in [6, 6.07) is 4.99. The number of nitrogens with one attached hydrogen (secondary N) is 3.